The van der Waals surface area contributed by atoms with Crippen molar-refractivity contribution in [1.29, 1.82) is 0 Å². The SMILES string of the molecule is CC(C)(C)OC(=O)NC(Cc1c[nH]c2ccccc12)c1cccc(C(F)(F)F)c1. The molecule has 0 saturated carbocycles. The van der Waals surface area contributed by atoms with Crippen molar-refractivity contribution in [1.82, 2.24) is 10.3 Å². The molecule has 0 aliphatic carbocycles. The minimum absolute atomic E-state index is 0.310. The molecule has 0 fully saturated rings. The number of alkyl carbamates (subject to hydrolysis) is 1. The third kappa shape index (κ3) is 5.31. The van der Waals surface area contributed by atoms with Gasteiger partial charge < -0.3 is 15.0 Å². The number of hydrogen-bond acceptors (Lipinski definition) is 2. The van der Waals surface area contributed by atoms with E-state index in [1.54, 1.807) is 26.8 Å². The zero-order valence-electron chi connectivity index (χ0n) is 16.4. The minimum Gasteiger partial charge on any atom is -0.444 e. The second kappa shape index (κ2) is 7.81. The maximum atomic E-state index is 13.2. The lowest BCUT2D eigenvalue weighted by atomic mass is 9.97. The van der Waals surface area contributed by atoms with E-state index in [0.717, 1.165) is 28.6 Å². The largest absolute Gasteiger partial charge is 0.444 e. The average Bonchev–Trinajstić information content (AvgIpc) is 3.02. The molecule has 1 aromatic heterocycles. The predicted molar refractivity (Wildman–Crippen MR) is 106 cm³/mol. The van der Waals surface area contributed by atoms with E-state index in [9.17, 15) is 18.0 Å². The monoisotopic (exact) mass is 404 g/mol. The Hall–Kier alpha value is -2.96. The van der Waals surface area contributed by atoms with Crippen LogP contribution in [0.1, 0.15) is 43.5 Å². The van der Waals surface area contributed by atoms with Crippen molar-refractivity contribution in [3.63, 3.8) is 0 Å². The van der Waals surface area contributed by atoms with Gasteiger partial charge in [-0.2, -0.15) is 13.2 Å². The number of para-hydroxylation sites is 1. The lowest BCUT2D eigenvalue weighted by Gasteiger charge is -2.24. The summed E-state index contributed by atoms with van der Waals surface area (Å²) in [6, 6.07) is 11.9. The second-order valence-corrected chi connectivity index (χ2v) is 7.89. The molecule has 0 spiro atoms. The van der Waals surface area contributed by atoms with Gasteiger partial charge in [-0.15, -0.1) is 0 Å². The number of H-pyrrole nitrogens is 1. The molecule has 1 atom stereocenters. The van der Waals surface area contributed by atoms with Crippen LogP contribution in [0.25, 0.3) is 10.9 Å². The number of carbonyl (C=O) groups is 1. The van der Waals surface area contributed by atoms with Crippen LogP contribution < -0.4 is 5.32 Å². The molecule has 0 radical (unpaired) electrons. The van der Waals surface area contributed by atoms with Crippen LogP contribution in [-0.2, 0) is 17.3 Å². The predicted octanol–water partition coefficient (Wildman–Crippen LogP) is 6.00. The first-order valence-electron chi connectivity index (χ1n) is 9.24. The Morgan fingerprint density at radius 2 is 1.83 bits per heavy atom. The highest BCUT2D eigenvalue weighted by Gasteiger charge is 2.31. The van der Waals surface area contributed by atoms with Crippen LogP contribution >= 0.6 is 0 Å². The Morgan fingerprint density at radius 3 is 2.52 bits per heavy atom. The topological polar surface area (TPSA) is 54.1 Å². The molecular formula is C22H23F3N2O2. The highest BCUT2D eigenvalue weighted by atomic mass is 19.4. The highest BCUT2D eigenvalue weighted by molar-refractivity contribution is 5.83. The molecule has 7 heteroatoms. The zero-order valence-corrected chi connectivity index (χ0v) is 16.4. The van der Waals surface area contributed by atoms with Gasteiger partial charge in [0.1, 0.15) is 5.60 Å². The Kier molecular flexibility index (Phi) is 5.59. The number of carbonyl (C=O) groups excluding carboxylic acids is 1. The van der Waals surface area contributed by atoms with E-state index in [2.05, 4.69) is 10.3 Å². The first kappa shape index (κ1) is 20.8. The number of rotatable bonds is 4. The molecule has 29 heavy (non-hydrogen) atoms. The van der Waals surface area contributed by atoms with E-state index >= 15 is 0 Å². The van der Waals surface area contributed by atoms with E-state index in [0.29, 0.717) is 12.0 Å². The zero-order chi connectivity index (χ0) is 21.2. The van der Waals surface area contributed by atoms with E-state index in [1.807, 2.05) is 30.5 Å². The highest BCUT2D eigenvalue weighted by Crippen LogP contribution is 2.32. The minimum atomic E-state index is -4.47. The number of amides is 1. The molecule has 3 aromatic rings. The van der Waals surface area contributed by atoms with E-state index in [4.69, 9.17) is 4.74 Å². The van der Waals surface area contributed by atoms with Gasteiger partial charge in [-0.05, 0) is 56.5 Å². The molecule has 2 aromatic carbocycles. The number of aromatic amines is 1. The Bertz CT molecular complexity index is 1000. The van der Waals surface area contributed by atoms with Gasteiger partial charge in [-0.1, -0.05) is 30.3 Å². The number of halogens is 3. The van der Waals surface area contributed by atoms with Crippen molar-refractivity contribution < 1.29 is 22.7 Å². The first-order chi connectivity index (χ1) is 13.5. The lowest BCUT2D eigenvalue weighted by molar-refractivity contribution is -0.137. The molecule has 0 bridgehead atoms. The van der Waals surface area contributed by atoms with Gasteiger partial charge in [0, 0.05) is 17.1 Å². The standard InChI is InChI=1S/C22H23F3N2O2/c1-21(2,3)29-20(28)27-19(14-7-6-8-16(11-14)22(23,24)25)12-15-13-26-18-10-5-4-9-17(15)18/h4-11,13,19,26H,12H2,1-3H3,(H,27,28). The molecule has 4 nitrogen and oxygen atoms in total. The molecular weight excluding hydrogens is 381 g/mol. The quantitative estimate of drug-likeness (QED) is 0.561. The summed E-state index contributed by atoms with van der Waals surface area (Å²) in [6.45, 7) is 5.18. The van der Waals surface area contributed by atoms with Crippen LogP contribution in [0.4, 0.5) is 18.0 Å². The average molecular weight is 404 g/mol. The smallest absolute Gasteiger partial charge is 0.416 e. The van der Waals surface area contributed by atoms with Crippen molar-refractivity contribution >= 4 is 17.0 Å². The van der Waals surface area contributed by atoms with Crippen LogP contribution in [0.5, 0.6) is 0 Å². The number of alkyl halides is 3. The summed E-state index contributed by atoms with van der Waals surface area (Å²) in [4.78, 5) is 15.5. The van der Waals surface area contributed by atoms with Crippen molar-refractivity contribution in [2.75, 3.05) is 0 Å². The van der Waals surface area contributed by atoms with Crippen molar-refractivity contribution in [2.24, 2.45) is 0 Å². The fourth-order valence-corrected chi connectivity index (χ4v) is 3.15. The first-order valence-corrected chi connectivity index (χ1v) is 9.24. The number of ether oxygens (including phenoxy) is 1. The summed E-state index contributed by atoms with van der Waals surface area (Å²) in [5, 5.41) is 3.68. The van der Waals surface area contributed by atoms with Crippen molar-refractivity contribution in [2.45, 2.75) is 45.0 Å². The van der Waals surface area contributed by atoms with Crippen LogP contribution in [0.3, 0.4) is 0 Å². The van der Waals surface area contributed by atoms with Crippen molar-refractivity contribution in [3.05, 3.63) is 71.4 Å². The van der Waals surface area contributed by atoms with Gasteiger partial charge in [0.25, 0.3) is 0 Å². The van der Waals surface area contributed by atoms with Crippen LogP contribution in [0.15, 0.2) is 54.7 Å². The summed E-state index contributed by atoms with van der Waals surface area (Å²) < 4.78 is 44.9. The molecule has 154 valence electrons. The van der Waals surface area contributed by atoms with Gasteiger partial charge in [0.15, 0.2) is 0 Å². The maximum absolute atomic E-state index is 13.2. The van der Waals surface area contributed by atoms with Gasteiger partial charge in [-0.25, -0.2) is 4.79 Å². The van der Waals surface area contributed by atoms with Gasteiger partial charge >= 0.3 is 12.3 Å². The molecule has 1 heterocycles. The summed E-state index contributed by atoms with van der Waals surface area (Å²) in [5.41, 5.74) is 0.686. The molecule has 0 aliphatic heterocycles. The van der Waals surface area contributed by atoms with Crippen LogP contribution in [-0.4, -0.2) is 16.7 Å². The fraction of sp³-hybridized carbons (Fsp3) is 0.318. The van der Waals surface area contributed by atoms with Gasteiger partial charge in [0.05, 0.1) is 11.6 Å². The van der Waals surface area contributed by atoms with E-state index < -0.39 is 29.5 Å². The third-order valence-electron chi connectivity index (χ3n) is 4.41. The molecule has 2 N–H and O–H groups in total. The number of nitrogens with one attached hydrogen (secondary N) is 2. The van der Waals surface area contributed by atoms with Crippen LogP contribution in [0.2, 0.25) is 0 Å². The van der Waals surface area contributed by atoms with Gasteiger partial charge in [-0.3, -0.25) is 0 Å². The summed E-state index contributed by atoms with van der Waals surface area (Å²) in [6.07, 6.45) is -3.03. The second-order valence-electron chi connectivity index (χ2n) is 7.89. The molecule has 1 unspecified atom stereocenters. The Morgan fingerprint density at radius 1 is 1.10 bits per heavy atom. The normalized spacial score (nSPS) is 13.3. The Labute approximate surface area is 167 Å². The lowest BCUT2D eigenvalue weighted by Crippen LogP contribution is -2.35. The molecule has 3 rings (SSSR count). The van der Waals surface area contributed by atoms with Gasteiger partial charge in [0.2, 0.25) is 0 Å². The summed E-state index contributed by atoms with van der Waals surface area (Å²) in [7, 11) is 0. The maximum Gasteiger partial charge on any atom is 0.416 e. The Balaban J connectivity index is 1.94. The van der Waals surface area contributed by atoms with Crippen LogP contribution in [0, 0.1) is 0 Å². The molecule has 0 saturated heterocycles. The van der Waals surface area contributed by atoms with Crippen molar-refractivity contribution in [3.8, 4) is 0 Å². The number of aromatic nitrogens is 1. The number of benzene rings is 2. The summed E-state index contributed by atoms with van der Waals surface area (Å²) in [5.74, 6) is 0. The number of hydrogen-bond donors (Lipinski definition) is 2. The molecule has 1 amide bonds. The molecule has 0 aliphatic rings. The third-order valence-corrected chi connectivity index (χ3v) is 4.41. The van der Waals surface area contributed by atoms with E-state index in [-0.39, 0.29) is 0 Å². The number of fused-ring (bicyclic) bond motifs is 1. The fourth-order valence-electron chi connectivity index (χ4n) is 3.15. The van der Waals surface area contributed by atoms with E-state index in [1.165, 1.54) is 6.07 Å². The summed E-state index contributed by atoms with van der Waals surface area (Å²) >= 11 is 0.